The first kappa shape index (κ1) is 20.4. The van der Waals surface area contributed by atoms with Crippen LogP contribution in [0.5, 0.6) is 11.5 Å². The Balaban J connectivity index is 1.56. The summed E-state index contributed by atoms with van der Waals surface area (Å²) in [6.07, 6.45) is -4.94. The van der Waals surface area contributed by atoms with Crippen LogP contribution in [0.15, 0.2) is 39.9 Å². The Kier molecular flexibility index (Phi) is 4.91. The average Bonchev–Trinajstić information content (AvgIpc) is 3.19. The van der Waals surface area contributed by atoms with Crippen molar-refractivity contribution in [2.45, 2.75) is 19.1 Å². The fourth-order valence-corrected chi connectivity index (χ4v) is 3.14. The predicted octanol–water partition coefficient (Wildman–Crippen LogP) is 1.87. The smallest absolute Gasteiger partial charge is 0.433 e. The molecule has 0 fully saturated rings. The normalized spacial score (nSPS) is 12.9. The number of hydrogen-bond acceptors (Lipinski definition) is 6. The molecule has 3 heterocycles. The zero-order valence-electron chi connectivity index (χ0n) is 16.0. The van der Waals surface area contributed by atoms with Gasteiger partial charge in [0.1, 0.15) is 11.3 Å². The van der Waals surface area contributed by atoms with E-state index in [1.807, 2.05) is 0 Å². The number of anilines is 1. The van der Waals surface area contributed by atoms with Gasteiger partial charge in [0.2, 0.25) is 12.7 Å². The van der Waals surface area contributed by atoms with Crippen molar-refractivity contribution in [1.29, 1.82) is 0 Å². The van der Waals surface area contributed by atoms with E-state index in [1.165, 1.54) is 7.05 Å². The van der Waals surface area contributed by atoms with Crippen molar-refractivity contribution in [3.63, 3.8) is 0 Å². The largest absolute Gasteiger partial charge is 0.454 e. The molecule has 1 aliphatic rings. The van der Waals surface area contributed by atoms with Crippen LogP contribution in [0, 0.1) is 0 Å². The van der Waals surface area contributed by atoms with Gasteiger partial charge in [0.15, 0.2) is 11.5 Å². The van der Waals surface area contributed by atoms with Crippen molar-refractivity contribution < 1.29 is 27.4 Å². The summed E-state index contributed by atoms with van der Waals surface area (Å²) in [6, 6.07) is 6.45. The molecule has 0 saturated carbocycles. The molecule has 31 heavy (non-hydrogen) atoms. The highest BCUT2D eigenvalue weighted by Crippen LogP contribution is 2.34. The summed E-state index contributed by atoms with van der Waals surface area (Å²) in [5, 5.41) is 2.46. The number of carbonyl (C=O) groups is 1. The third-order valence-electron chi connectivity index (χ3n) is 4.70. The van der Waals surface area contributed by atoms with Crippen molar-refractivity contribution in [3.8, 4) is 11.5 Å². The van der Waals surface area contributed by atoms with E-state index in [-0.39, 0.29) is 30.8 Å². The number of benzene rings is 1. The van der Waals surface area contributed by atoms with Crippen LogP contribution in [-0.2, 0) is 24.6 Å². The van der Waals surface area contributed by atoms with Crippen LogP contribution in [0.4, 0.5) is 18.9 Å². The standard InChI is InChI=1S/C19H15F3N4O5/c1-25-16-11(3-5-14(24-16)19(20,21)22)17(28)26(18(25)29)7-6-15(27)23-10-2-4-12-13(8-10)31-9-30-12/h2-5,8H,6-7,9H2,1H3,(H,23,27). The summed E-state index contributed by atoms with van der Waals surface area (Å²) < 4.78 is 50.7. The topological polar surface area (TPSA) is 104 Å². The Morgan fingerprint density at radius 1 is 1.16 bits per heavy atom. The molecule has 0 atom stereocenters. The zero-order valence-corrected chi connectivity index (χ0v) is 16.0. The Hall–Kier alpha value is -3.83. The summed E-state index contributed by atoms with van der Waals surface area (Å²) in [6.45, 7) is -0.181. The molecule has 0 unspecified atom stereocenters. The van der Waals surface area contributed by atoms with Gasteiger partial charge in [-0.3, -0.25) is 18.7 Å². The third-order valence-corrected chi connectivity index (χ3v) is 4.70. The Morgan fingerprint density at radius 2 is 1.90 bits per heavy atom. The monoisotopic (exact) mass is 436 g/mol. The van der Waals surface area contributed by atoms with Crippen LogP contribution in [0.25, 0.3) is 11.0 Å². The lowest BCUT2D eigenvalue weighted by Gasteiger charge is -2.12. The molecule has 4 rings (SSSR count). The lowest BCUT2D eigenvalue weighted by Crippen LogP contribution is -2.40. The number of carbonyl (C=O) groups excluding carboxylic acids is 1. The average molecular weight is 436 g/mol. The van der Waals surface area contributed by atoms with Gasteiger partial charge in [-0.15, -0.1) is 0 Å². The number of aryl methyl sites for hydroxylation is 1. The maximum Gasteiger partial charge on any atom is 0.433 e. The second kappa shape index (κ2) is 7.45. The van der Waals surface area contributed by atoms with Crippen LogP contribution in [-0.4, -0.2) is 26.8 Å². The van der Waals surface area contributed by atoms with Crippen molar-refractivity contribution in [2.24, 2.45) is 7.05 Å². The summed E-state index contributed by atoms with van der Waals surface area (Å²) in [5.41, 5.74) is -2.85. The highest BCUT2D eigenvalue weighted by Gasteiger charge is 2.33. The Labute approximate surface area is 171 Å². The van der Waals surface area contributed by atoms with Crippen molar-refractivity contribution in [1.82, 2.24) is 14.1 Å². The van der Waals surface area contributed by atoms with Gasteiger partial charge in [0.05, 0.1) is 5.39 Å². The lowest BCUT2D eigenvalue weighted by molar-refractivity contribution is -0.141. The van der Waals surface area contributed by atoms with E-state index in [9.17, 15) is 27.6 Å². The van der Waals surface area contributed by atoms with Gasteiger partial charge in [-0.05, 0) is 24.3 Å². The van der Waals surface area contributed by atoms with E-state index < -0.39 is 29.0 Å². The fraction of sp³-hybridized carbons (Fsp3) is 0.263. The number of pyridine rings is 1. The molecule has 1 aliphatic heterocycles. The maximum absolute atomic E-state index is 12.9. The number of amides is 1. The number of nitrogens with zero attached hydrogens (tertiary/aromatic N) is 3. The molecule has 12 heteroatoms. The molecule has 0 spiro atoms. The molecule has 9 nitrogen and oxygen atoms in total. The third kappa shape index (κ3) is 3.83. The number of ether oxygens (including phenoxy) is 2. The minimum atomic E-state index is -4.72. The Bertz CT molecular complexity index is 1310. The molecule has 0 bridgehead atoms. The van der Waals surface area contributed by atoms with Crippen LogP contribution in [0.1, 0.15) is 12.1 Å². The zero-order chi connectivity index (χ0) is 22.3. The number of rotatable bonds is 4. The second-order valence-electron chi connectivity index (χ2n) is 6.73. The molecule has 0 radical (unpaired) electrons. The van der Waals surface area contributed by atoms with Crippen molar-refractivity contribution in [3.05, 3.63) is 56.9 Å². The van der Waals surface area contributed by atoms with Gasteiger partial charge in [0, 0.05) is 31.8 Å². The van der Waals surface area contributed by atoms with E-state index in [0.29, 0.717) is 23.3 Å². The van der Waals surface area contributed by atoms with E-state index in [4.69, 9.17) is 9.47 Å². The van der Waals surface area contributed by atoms with Crippen LogP contribution in [0.2, 0.25) is 0 Å². The van der Waals surface area contributed by atoms with Gasteiger partial charge in [-0.1, -0.05) is 0 Å². The number of aromatic nitrogens is 3. The van der Waals surface area contributed by atoms with Crippen LogP contribution >= 0.6 is 0 Å². The Morgan fingerprint density at radius 3 is 2.65 bits per heavy atom. The summed E-state index contributed by atoms with van der Waals surface area (Å²) >= 11 is 0. The molecule has 1 aromatic carbocycles. The van der Waals surface area contributed by atoms with Crippen molar-refractivity contribution >= 4 is 22.6 Å². The quantitative estimate of drug-likeness (QED) is 0.670. The van der Waals surface area contributed by atoms with Gasteiger partial charge < -0.3 is 14.8 Å². The maximum atomic E-state index is 12.9. The van der Waals surface area contributed by atoms with E-state index in [2.05, 4.69) is 10.3 Å². The SMILES string of the molecule is Cn1c(=O)n(CCC(=O)Nc2ccc3c(c2)OCO3)c(=O)c2ccc(C(F)(F)F)nc21. The molecule has 0 aliphatic carbocycles. The molecule has 1 amide bonds. The molecule has 1 N–H and O–H groups in total. The number of halogens is 3. The van der Waals surface area contributed by atoms with E-state index in [1.54, 1.807) is 18.2 Å². The van der Waals surface area contributed by atoms with Gasteiger partial charge in [-0.25, -0.2) is 9.78 Å². The number of alkyl halides is 3. The van der Waals surface area contributed by atoms with Crippen molar-refractivity contribution in [2.75, 3.05) is 12.1 Å². The summed E-state index contributed by atoms with van der Waals surface area (Å²) in [7, 11) is 1.21. The van der Waals surface area contributed by atoms with Gasteiger partial charge in [0.25, 0.3) is 5.56 Å². The number of nitrogens with one attached hydrogen (secondary N) is 1. The van der Waals surface area contributed by atoms with Crippen LogP contribution < -0.4 is 26.0 Å². The molecule has 2 aromatic heterocycles. The van der Waals surface area contributed by atoms with E-state index >= 15 is 0 Å². The van der Waals surface area contributed by atoms with Crippen LogP contribution in [0.3, 0.4) is 0 Å². The highest BCUT2D eigenvalue weighted by atomic mass is 19.4. The summed E-state index contributed by atoms with van der Waals surface area (Å²) in [5.74, 6) is 0.549. The molecular weight excluding hydrogens is 421 g/mol. The minimum Gasteiger partial charge on any atom is -0.454 e. The molecule has 3 aromatic rings. The lowest BCUT2D eigenvalue weighted by atomic mass is 10.2. The molecule has 162 valence electrons. The summed E-state index contributed by atoms with van der Waals surface area (Å²) in [4.78, 5) is 40.8. The number of fused-ring (bicyclic) bond motifs is 2. The minimum absolute atomic E-state index is 0.0836. The first-order valence-electron chi connectivity index (χ1n) is 9.02. The molecule has 0 saturated heterocycles. The second-order valence-corrected chi connectivity index (χ2v) is 6.73. The first-order valence-corrected chi connectivity index (χ1v) is 9.02. The number of hydrogen-bond donors (Lipinski definition) is 1. The molecular formula is C19H15F3N4O5. The highest BCUT2D eigenvalue weighted by molar-refractivity contribution is 5.91. The predicted molar refractivity (Wildman–Crippen MR) is 102 cm³/mol. The first-order chi connectivity index (χ1) is 14.6. The van der Waals surface area contributed by atoms with Gasteiger partial charge >= 0.3 is 11.9 Å². The van der Waals surface area contributed by atoms with E-state index in [0.717, 1.165) is 15.2 Å². The fourth-order valence-electron chi connectivity index (χ4n) is 3.14. The van der Waals surface area contributed by atoms with Gasteiger partial charge in [-0.2, -0.15) is 13.2 Å².